The molecule has 0 heterocycles. The highest BCUT2D eigenvalue weighted by Crippen LogP contribution is 1.94. The number of hydrogen-bond acceptors (Lipinski definition) is 1. The first kappa shape index (κ1) is 8.02. The largest absolute Gasteiger partial charge is 0.379 e. The van der Waals surface area contributed by atoms with E-state index < -0.39 is 0 Å². The number of halogens is 1. The zero-order valence-corrected chi connectivity index (χ0v) is 6.96. The Kier molecular flexibility index (Phi) is 5.18. The van der Waals surface area contributed by atoms with Crippen molar-refractivity contribution in [2.45, 2.75) is 20.3 Å². The monoisotopic (exact) mass is 177 g/mol. The fourth-order valence-electron chi connectivity index (χ4n) is 0.517. The molecule has 0 amide bonds. The van der Waals surface area contributed by atoms with E-state index in [0.29, 0.717) is 0 Å². The average Bonchev–Trinajstić information content (AvgIpc) is 1.83. The Morgan fingerprint density at radius 3 is 2.50 bits per heavy atom. The van der Waals surface area contributed by atoms with Gasteiger partial charge < -0.3 is 5.32 Å². The van der Waals surface area contributed by atoms with Gasteiger partial charge >= 0.3 is 0 Å². The number of rotatable bonds is 3. The topological polar surface area (TPSA) is 12.0 Å². The van der Waals surface area contributed by atoms with Crippen molar-refractivity contribution in [3.63, 3.8) is 0 Å². The molecule has 0 bridgehead atoms. The molecule has 0 aromatic carbocycles. The molecule has 0 spiro atoms. The molecule has 8 heavy (non-hydrogen) atoms. The van der Waals surface area contributed by atoms with E-state index in [-0.39, 0.29) is 0 Å². The molecular formula is C6H12BrN. The van der Waals surface area contributed by atoms with Gasteiger partial charge in [0.25, 0.3) is 0 Å². The molecule has 0 radical (unpaired) electrons. The van der Waals surface area contributed by atoms with Crippen LogP contribution >= 0.6 is 15.9 Å². The van der Waals surface area contributed by atoms with Crippen molar-refractivity contribution < 1.29 is 0 Å². The highest BCUT2D eigenvalue weighted by Gasteiger charge is 1.84. The molecule has 0 unspecified atom stereocenters. The second-order valence-electron chi connectivity index (χ2n) is 1.48. The molecule has 48 valence electrons. The van der Waals surface area contributed by atoms with Crippen molar-refractivity contribution in [1.82, 2.24) is 5.32 Å². The van der Waals surface area contributed by atoms with Crippen LogP contribution in [0, 0.1) is 0 Å². The third-order valence-electron chi connectivity index (χ3n) is 1.02. The molecule has 1 nitrogen and oxygen atoms in total. The number of allylic oxidation sites excluding steroid dienone is 2. The second-order valence-corrected chi connectivity index (χ2v) is 2.04. The Bertz CT molecular complexity index is 78.6. The molecule has 0 aliphatic rings. The van der Waals surface area contributed by atoms with Gasteiger partial charge in [0.15, 0.2) is 0 Å². The molecule has 0 aliphatic carbocycles. The van der Waals surface area contributed by atoms with Gasteiger partial charge in [-0.05, 0) is 13.3 Å². The third kappa shape index (κ3) is 3.08. The zero-order chi connectivity index (χ0) is 6.41. The van der Waals surface area contributed by atoms with Gasteiger partial charge in [-0.25, -0.2) is 0 Å². The predicted octanol–water partition coefficient (Wildman–Crippen LogP) is 2.24. The lowest BCUT2D eigenvalue weighted by Crippen LogP contribution is -2.08. The molecule has 2 heteroatoms. The van der Waals surface area contributed by atoms with Crippen LogP contribution in [0.2, 0.25) is 0 Å². The van der Waals surface area contributed by atoms with Crippen LogP contribution < -0.4 is 5.32 Å². The van der Waals surface area contributed by atoms with Gasteiger partial charge in [-0.2, -0.15) is 0 Å². The van der Waals surface area contributed by atoms with Crippen LogP contribution in [0.1, 0.15) is 20.3 Å². The summed E-state index contributed by atoms with van der Waals surface area (Å²) in [6.07, 6.45) is 3.17. The number of alkyl halides is 1. The van der Waals surface area contributed by atoms with Crippen molar-refractivity contribution >= 4 is 15.9 Å². The third-order valence-corrected chi connectivity index (χ3v) is 1.30. The summed E-state index contributed by atoms with van der Waals surface area (Å²) in [6.45, 7) is 4.17. The smallest absolute Gasteiger partial charge is 0.0704 e. The fraction of sp³-hybridized carbons (Fsp3) is 0.667. The second kappa shape index (κ2) is 5.16. The van der Waals surface area contributed by atoms with E-state index in [1.54, 1.807) is 0 Å². The summed E-state index contributed by atoms with van der Waals surface area (Å²) in [5, 5.41) is 3.16. The Morgan fingerprint density at radius 1 is 1.75 bits per heavy atom. The van der Waals surface area contributed by atoms with Gasteiger partial charge in [-0.15, -0.1) is 0 Å². The molecule has 0 aromatic rings. The summed E-state index contributed by atoms with van der Waals surface area (Å²) in [4.78, 5) is 0. The maximum absolute atomic E-state index is 3.28. The SMILES string of the molecule is C/C=C(\CC)NCBr. The van der Waals surface area contributed by atoms with Gasteiger partial charge in [0.05, 0.1) is 5.45 Å². The molecule has 0 rings (SSSR count). The van der Waals surface area contributed by atoms with Gasteiger partial charge in [-0.1, -0.05) is 28.9 Å². The van der Waals surface area contributed by atoms with E-state index >= 15 is 0 Å². The first-order valence-corrected chi connectivity index (χ1v) is 3.92. The Balaban J connectivity index is 3.38. The molecular weight excluding hydrogens is 166 g/mol. The maximum Gasteiger partial charge on any atom is 0.0704 e. The van der Waals surface area contributed by atoms with Crippen LogP contribution in [-0.2, 0) is 0 Å². The standard InChI is InChI=1S/C6H12BrN/c1-3-6(4-2)8-5-7/h3,8H,4-5H2,1-2H3/b6-3+. The summed E-state index contributed by atoms with van der Waals surface area (Å²) < 4.78 is 0. The van der Waals surface area contributed by atoms with Gasteiger partial charge in [0.1, 0.15) is 0 Å². The molecule has 1 N–H and O–H groups in total. The minimum Gasteiger partial charge on any atom is -0.379 e. The minimum atomic E-state index is 0.848. The lowest BCUT2D eigenvalue weighted by Gasteiger charge is -2.01. The summed E-state index contributed by atoms with van der Waals surface area (Å²) in [7, 11) is 0. The first-order chi connectivity index (χ1) is 3.85. The minimum absolute atomic E-state index is 0.848. The molecule has 0 fully saturated rings. The highest BCUT2D eigenvalue weighted by molar-refractivity contribution is 9.09. The lowest BCUT2D eigenvalue weighted by molar-refractivity contribution is 0.882. The van der Waals surface area contributed by atoms with E-state index in [1.165, 1.54) is 5.70 Å². The van der Waals surface area contributed by atoms with Crippen molar-refractivity contribution in [2.24, 2.45) is 0 Å². The van der Waals surface area contributed by atoms with Crippen LogP contribution in [0.3, 0.4) is 0 Å². The van der Waals surface area contributed by atoms with E-state index in [4.69, 9.17) is 0 Å². The van der Waals surface area contributed by atoms with Crippen LogP contribution in [0.15, 0.2) is 11.8 Å². The molecule has 0 aliphatic heterocycles. The van der Waals surface area contributed by atoms with E-state index in [2.05, 4.69) is 34.2 Å². The molecule has 0 saturated heterocycles. The Hall–Kier alpha value is 0.0200. The normalized spacial score (nSPS) is 11.6. The Labute approximate surface area is 59.3 Å². The summed E-state index contributed by atoms with van der Waals surface area (Å²) in [5.74, 6) is 0. The van der Waals surface area contributed by atoms with Crippen LogP contribution in [0.5, 0.6) is 0 Å². The van der Waals surface area contributed by atoms with Gasteiger partial charge in [0.2, 0.25) is 0 Å². The molecule has 0 saturated carbocycles. The number of nitrogens with one attached hydrogen (secondary N) is 1. The van der Waals surface area contributed by atoms with Crippen molar-refractivity contribution in [3.8, 4) is 0 Å². The van der Waals surface area contributed by atoms with Crippen LogP contribution in [-0.4, -0.2) is 5.45 Å². The van der Waals surface area contributed by atoms with Crippen LogP contribution in [0.25, 0.3) is 0 Å². The predicted molar refractivity (Wildman–Crippen MR) is 41.0 cm³/mol. The van der Waals surface area contributed by atoms with Crippen LogP contribution in [0.4, 0.5) is 0 Å². The lowest BCUT2D eigenvalue weighted by atomic mass is 10.3. The van der Waals surface area contributed by atoms with E-state index in [0.717, 1.165) is 11.9 Å². The van der Waals surface area contributed by atoms with Crippen molar-refractivity contribution in [1.29, 1.82) is 0 Å². The molecule has 0 atom stereocenters. The molecule has 0 aromatic heterocycles. The number of hydrogen-bond donors (Lipinski definition) is 1. The summed E-state index contributed by atoms with van der Waals surface area (Å²) >= 11 is 3.28. The van der Waals surface area contributed by atoms with Gasteiger partial charge in [0, 0.05) is 5.70 Å². The van der Waals surface area contributed by atoms with Crippen molar-refractivity contribution in [2.75, 3.05) is 5.45 Å². The highest BCUT2D eigenvalue weighted by atomic mass is 79.9. The van der Waals surface area contributed by atoms with Crippen molar-refractivity contribution in [3.05, 3.63) is 11.8 Å². The average molecular weight is 178 g/mol. The summed E-state index contributed by atoms with van der Waals surface area (Å²) in [6, 6.07) is 0. The fourth-order valence-corrected chi connectivity index (χ4v) is 0.877. The van der Waals surface area contributed by atoms with E-state index in [9.17, 15) is 0 Å². The maximum atomic E-state index is 3.28. The van der Waals surface area contributed by atoms with Gasteiger partial charge in [-0.3, -0.25) is 0 Å². The Morgan fingerprint density at radius 2 is 2.38 bits per heavy atom. The first-order valence-electron chi connectivity index (χ1n) is 2.80. The van der Waals surface area contributed by atoms with E-state index in [1.807, 2.05) is 6.92 Å². The zero-order valence-electron chi connectivity index (χ0n) is 5.37. The summed E-state index contributed by atoms with van der Waals surface area (Å²) in [5.41, 5.74) is 2.14. The quantitative estimate of drug-likeness (QED) is 0.516.